The van der Waals surface area contributed by atoms with Crippen LogP contribution in [0.5, 0.6) is 0 Å². The highest BCUT2D eigenvalue weighted by atomic mass is 19.1. The van der Waals surface area contributed by atoms with E-state index in [4.69, 9.17) is 0 Å². The number of likely N-dealkylation sites (N-methyl/N-ethyl adjacent to an activating group) is 1. The van der Waals surface area contributed by atoms with E-state index >= 15 is 0 Å². The van der Waals surface area contributed by atoms with Gasteiger partial charge in [-0.2, -0.15) is 15.3 Å². The molecule has 2 aromatic rings. The number of hydrogen-bond donors (Lipinski definition) is 1. The molecule has 2 aliphatic carbocycles. The average molecular weight is 468 g/mol. The van der Waals surface area contributed by atoms with Crippen LogP contribution in [0.3, 0.4) is 0 Å². The van der Waals surface area contributed by atoms with Gasteiger partial charge in [-0.1, -0.05) is 19.9 Å². The van der Waals surface area contributed by atoms with E-state index in [1.807, 2.05) is 6.92 Å². The minimum absolute atomic E-state index is 0.147. The highest BCUT2D eigenvalue weighted by Crippen LogP contribution is 2.67. The Balaban J connectivity index is 1.51. The second-order valence-corrected chi connectivity index (χ2v) is 9.89. The number of fused-ring (bicyclic) bond motifs is 5. The number of halogens is 2. The zero-order chi connectivity index (χ0) is 24.3. The molecule has 1 amide bonds. The lowest BCUT2D eigenvalue weighted by atomic mass is 9.68. The van der Waals surface area contributed by atoms with Gasteiger partial charge < -0.3 is 10.0 Å². The van der Waals surface area contributed by atoms with E-state index in [9.17, 15) is 18.7 Å². The largest absolute Gasteiger partial charge is 0.390 e. The Kier molecular flexibility index (Phi) is 5.35. The van der Waals surface area contributed by atoms with Crippen LogP contribution in [-0.4, -0.2) is 57.2 Å². The van der Waals surface area contributed by atoms with Crippen molar-refractivity contribution in [2.75, 3.05) is 19.7 Å². The standard InChI is InChI=1S/C25H27F2N5O2/c1-4-32(23(34)20-10-14(12-33)28-30-20)13-25-9-8-16(24(25,2)3)15-11-19(29-31-22(15)25)21-17(26)6-5-7-18(21)27/h5-7,11,16,33H,4,8-10,12-13H2,1-3H3/t16-,25-/m0/s1. The van der Waals surface area contributed by atoms with Crippen molar-refractivity contribution in [3.05, 3.63) is 47.2 Å². The molecule has 0 saturated heterocycles. The molecule has 9 heteroatoms. The summed E-state index contributed by atoms with van der Waals surface area (Å²) in [5, 5.41) is 26.0. The van der Waals surface area contributed by atoms with Gasteiger partial charge in [-0.15, -0.1) is 5.10 Å². The number of carbonyl (C=O) groups is 1. The fraction of sp³-hybridized carbons (Fsp3) is 0.480. The summed E-state index contributed by atoms with van der Waals surface area (Å²) in [6.45, 7) is 6.97. The highest BCUT2D eigenvalue weighted by molar-refractivity contribution is 6.43. The maximum absolute atomic E-state index is 14.4. The normalized spacial score (nSPS) is 24.1. The first-order chi connectivity index (χ1) is 16.2. The van der Waals surface area contributed by atoms with Gasteiger partial charge in [0, 0.05) is 24.9 Å². The summed E-state index contributed by atoms with van der Waals surface area (Å²) in [6, 6.07) is 5.53. The molecule has 2 bridgehead atoms. The Morgan fingerprint density at radius 2 is 1.94 bits per heavy atom. The summed E-state index contributed by atoms with van der Waals surface area (Å²) < 4.78 is 28.8. The summed E-state index contributed by atoms with van der Waals surface area (Å²) in [6.07, 6.45) is 1.99. The van der Waals surface area contributed by atoms with Crippen molar-refractivity contribution in [2.24, 2.45) is 15.6 Å². The van der Waals surface area contributed by atoms with Gasteiger partial charge in [-0.3, -0.25) is 4.79 Å². The maximum Gasteiger partial charge on any atom is 0.270 e. The van der Waals surface area contributed by atoms with Crippen LogP contribution in [0.4, 0.5) is 8.78 Å². The first-order valence-electron chi connectivity index (χ1n) is 11.6. The highest BCUT2D eigenvalue weighted by Gasteiger charge is 2.64. The first kappa shape index (κ1) is 22.7. The summed E-state index contributed by atoms with van der Waals surface area (Å²) in [4.78, 5) is 15.0. The van der Waals surface area contributed by atoms with Crippen LogP contribution in [0.15, 0.2) is 34.5 Å². The summed E-state index contributed by atoms with van der Waals surface area (Å²) >= 11 is 0. The van der Waals surface area contributed by atoms with Crippen LogP contribution in [0, 0.1) is 17.0 Å². The number of carbonyl (C=O) groups excluding carboxylic acids is 1. The molecule has 1 aromatic carbocycles. The lowest BCUT2D eigenvalue weighted by molar-refractivity contribution is -0.125. The molecule has 3 aliphatic rings. The molecular formula is C25H27F2N5O2. The fourth-order valence-electron chi connectivity index (χ4n) is 6.08. The topological polar surface area (TPSA) is 91.0 Å². The Morgan fingerprint density at radius 3 is 2.59 bits per heavy atom. The second-order valence-electron chi connectivity index (χ2n) is 9.89. The Morgan fingerprint density at radius 1 is 1.21 bits per heavy atom. The molecule has 0 spiro atoms. The second kappa shape index (κ2) is 8.01. The molecule has 5 rings (SSSR count). The smallest absolute Gasteiger partial charge is 0.270 e. The van der Waals surface area contributed by atoms with Crippen LogP contribution in [0.2, 0.25) is 0 Å². The SMILES string of the molecule is CCN(C[C@@]12CC[C@@H](c3cc(-c4c(F)cccc4F)nnc31)C2(C)C)C(=O)C1=NN=C(CO)C1. The summed E-state index contributed by atoms with van der Waals surface area (Å²) in [7, 11) is 0. The van der Waals surface area contributed by atoms with Gasteiger partial charge in [-0.25, -0.2) is 8.78 Å². The van der Waals surface area contributed by atoms with Crippen molar-refractivity contribution in [2.45, 2.75) is 51.4 Å². The van der Waals surface area contributed by atoms with Gasteiger partial charge in [-0.05, 0) is 54.9 Å². The molecule has 34 heavy (non-hydrogen) atoms. The predicted octanol–water partition coefficient (Wildman–Crippen LogP) is 3.62. The minimum atomic E-state index is -0.670. The van der Waals surface area contributed by atoms with E-state index in [2.05, 4.69) is 34.2 Å². The Hall–Kier alpha value is -3.07. The van der Waals surface area contributed by atoms with E-state index in [1.54, 1.807) is 11.0 Å². The van der Waals surface area contributed by atoms with E-state index in [0.29, 0.717) is 24.5 Å². The number of hydrogen-bond acceptors (Lipinski definition) is 6. The zero-order valence-electron chi connectivity index (χ0n) is 19.5. The first-order valence-corrected chi connectivity index (χ1v) is 11.6. The molecule has 2 heterocycles. The third-order valence-corrected chi connectivity index (χ3v) is 8.08. The molecule has 1 N–H and O–H groups in total. The average Bonchev–Trinajstić information content (AvgIpc) is 3.44. The quantitative estimate of drug-likeness (QED) is 0.703. The number of aliphatic hydroxyl groups is 1. The number of aromatic nitrogens is 2. The molecule has 1 fully saturated rings. The van der Waals surface area contributed by atoms with E-state index in [1.165, 1.54) is 18.2 Å². The molecule has 1 aromatic heterocycles. The number of rotatable bonds is 6. The Labute approximate surface area is 196 Å². The van der Waals surface area contributed by atoms with Crippen LogP contribution in [-0.2, 0) is 10.2 Å². The third kappa shape index (κ3) is 3.13. The predicted molar refractivity (Wildman–Crippen MR) is 124 cm³/mol. The third-order valence-electron chi connectivity index (χ3n) is 8.08. The fourth-order valence-corrected chi connectivity index (χ4v) is 6.08. The van der Waals surface area contributed by atoms with Crippen molar-refractivity contribution in [1.29, 1.82) is 0 Å². The van der Waals surface area contributed by atoms with Crippen molar-refractivity contribution >= 4 is 17.3 Å². The van der Waals surface area contributed by atoms with Gasteiger partial charge in [0.05, 0.1) is 29.3 Å². The molecule has 7 nitrogen and oxygen atoms in total. The van der Waals surface area contributed by atoms with Gasteiger partial charge in [0.2, 0.25) is 0 Å². The van der Waals surface area contributed by atoms with Crippen molar-refractivity contribution in [3.8, 4) is 11.3 Å². The molecular weight excluding hydrogens is 440 g/mol. The van der Waals surface area contributed by atoms with Gasteiger partial charge in [0.1, 0.15) is 17.3 Å². The van der Waals surface area contributed by atoms with Crippen LogP contribution < -0.4 is 0 Å². The number of amides is 1. The van der Waals surface area contributed by atoms with Gasteiger partial charge in [0.15, 0.2) is 0 Å². The van der Waals surface area contributed by atoms with E-state index < -0.39 is 17.0 Å². The van der Waals surface area contributed by atoms with Gasteiger partial charge >= 0.3 is 0 Å². The van der Waals surface area contributed by atoms with E-state index in [-0.39, 0.29) is 41.5 Å². The van der Waals surface area contributed by atoms with Crippen molar-refractivity contribution in [3.63, 3.8) is 0 Å². The minimum Gasteiger partial charge on any atom is -0.390 e. The van der Waals surface area contributed by atoms with Crippen LogP contribution in [0.25, 0.3) is 11.3 Å². The Bertz CT molecular complexity index is 1220. The lowest BCUT2D eigenvalue weighted by Gasteiger charge is -2.41. The van der Waals surface area contributed by atoms with Crippen molar-refractivity contribution in [1.82, 2.24) is 15.1 Å². The van der Waals surface area contributed by atoms with Crippen molar-refractivity contribution < 1.29 is 18.7 Å². The lowest BCUT2D eigenvalue weighted by Crippen LogP contribution is -2.50. The van der Waals surface area contributed by atoms with Crippen LogP contribution in [0.1, 0.15) is 57.2 Å². The molecule has 0 radical (unpaired) electrons. The number of aliphatic hydroxyl groups excluding tert-OH is 1. The number of benzene rings is 1. The molecule has 2 atom stereocenters. The summed E-state index contributed by atoms with van der Waals surface area (Å²) in [5.74, 6) is -1.39. The molecule has 178 valence electrons. The zero-order valence-corrected chi connectivity index (χ0v) is 19.5. The molecule has 1 aliphatic heterocycles. The molecule has 0 unspecified atom stereocenters. The maximum atomic E-state index is 14.4. The summed E-state index contributed by atoms with van der Waals surface area (Å²) in [5.41, 5.74) is 1.92. The van der Waals surface area contributed by atoms with E-state index in [0.717, 1.165) is 24.1 Å². The van der Waals surface area contributed by atoms with Gasteiger partial charge in [0.25, 0.3) is 5.91 Å². The molecule has 1 saturated carbocycles. The number of nitrogens with zero attached hydrogens (tertiary/aromatic N) is 5. The van der Waals surface area contributed by atoms with Crippen LogP contribution >= 0.6 is 0 Å². The monoisotopic (exact) mass is 467 g/mol.